The van der Waals surface area contributed by atoms with E-state index < -0.39 is 0 Å². The van der Waals surface area contributed by atoms with Crippen molar-refractivity contribution in [2.24, 2.45) is 0 Å². The quantitative estimate of drug-likeness (QED) is 0.746. The fourth-order valence-electron chi connectivity index (χ4n) is 1.43. The van der Waals surface area contributed by atoms with E-state index in [0.29, 0.717) is 5.02 Å². The van der Waals surface area contributed by atoms with Crippen molar-refractivity contribution in [3.8, 4) is 11.5 Å². The molecule has 0 spiro atoms. The lowest BCUT2D eigenvalue weighted by atomic mass is 10.2. The van der Waals surface area contributed by atoms with Crippen LogP contribution in [0.1, 0.15) is 12.5 Å². The van der Waals surface area contributed by atoms with Crippen LogP contribution in [-0.2, 0) is 6.42 Å². The summed E-state index contributed by atoms with van der Waals surface area (Å²) in [5.74, 6) is 1.65. The van der Waals surface area contributed by atoms with E-state index in [1.165, 1.54) is 5.56 Å². The second-order valence-corrected chi connectivity index (χ2v) is 3.99. The first kappa shape index (κ1) is 11.0. The highest BCUT2D eigenvalue weighted by molar-refractivity contribution is 6.30. The van der Waals surface area contributed by atoms with Crippen LogP contribution in [-0.4, -0.2) is 0 Å². The Labute approximate surface area is 101 Å². The van der Waals surface area contributed by atoms with Gasteiger partial charge in [-0.3, -0.25) is 0 Å². The van der Waals surface area contributed by atoms with Crippen molar-refractivity contribution < 1.29 is 4.74 Å². The first-order valence-electron chi connectivity index (χ1n) is 5.30. The van der Waals surface area contributed by atoms with E-state index >= 15 is 0 Å². The molecule has 0 amide bonds. The topological polar surface area (TPSA) is 9.23 Å². The zero-order chi connectivity index (χ0) is 11.4. The zero-order valence-corrected chi connectivity index (χ0v) is 9.87. The molecule has 0 atom stereocenters. The van der Waals surface area contributed by atoms with Gasteiger partial charge in [0.05, 0.1) is 0 Å². The highest BCUT2D eigenvalue weighted by Gasteiger charge is 1.97. The Morgan fingerprint density at radius 1 is 0.875 bits per heavy atom. The molecule has 2 rings (SSSR count). The molecule has 2 heteroatoms. The number of halogens is 1. The molecular weight excluding hydrogens is 220 g/mol. The predicted molar refractivity (Wildman–Crippen MR) is 67.3 cm³/mol. The van der Waals surface area contributed by atoms with Gasteiger partial charge in [0.1, 0.15) is 11.5 Å². The molecule has 16 heavy (non-hydrogen) atoms. The van der Waals surface area contributed by atoms with Crippen LogP contribution in [0.5, 0.6) is 11.5 Å². The Morgan fingerprint density at radius 2 is 1.38 bits per heavy atom. The van der Waals surface area contributed by atoms with Crippen LogP contribution in [0.15, 0.2) is 48.5 Å². The van der Waals surface area contributed by atoms with Crippen molar-refractivity contribution in [2.45, 2.75) is 13.3 Å². The third kappa shape index (κ3) is 2.77. The van der Waals surface area contributed by atoms with Gasteiger partial charge in [0.15, 0.2) is 0 Å². The summed E-state index contributed by atoms with van der Waals surface area (Å²) in [6.45, 7) is 2.13. The molecule has 0 aliphatic heterocycles. The van der Waals surface area contributed by atoms with Crippen molar-refractivity contribution in [2.75, 3.05) is 0 Å². The molecule has 0 aliphatic carbocycles. The van der Waals surface area contributed by atoms with Crippen molar-refractivity contribution in [3.63, 3.8) is 0 Å². The van der Waals surface area contributed by atoms with Crippen LogP contribution in [0.3, 0.4) is 0 Å². The van der Waals surface area contributed by atoms with E-state index in [1.54, 1.807) is 0 Å². The number of hydrogen-bond acceptors (Lipinski definition) is 1. The molecule has 0 saturated carbocycles. The van der Waals surface area contributed by atoms with Gasteiger partial charge in [-0.2, -0.15) is 0 Å². The number of hydrogen-bond donors (Lipinski definition) is 0. The summed E-state index contributed by atoms with van der Waals surface area (Å²) in [5.41, 5.74) is 1.31. The van der Waals surface area contributed by atoms with E-state index in [9.17, 15) is 0 Å². The molecule has 0 aliphatic rings. The molecule has 0 radical (unpaired) electrons. The molecule has 0 fully saturated rings. The molecule has 2 aromatic carbocycles. The maximum Gasteiger partial charge on any atom is 0.127 e. The van der Waals surface area contributed by atoms with Crippen LogP contribution in [0.4, 0.5) is 0 Å². The van der Waals surface area contributed by atoms with Crippen LogP contribution < -0.4 is 4.74 Å². The van der Waals surface area contributed by atoms with Crippen molar-refractivity contribution >= 4 is 11.6 Å². The molecule has 82 valence electrons. The Bertz CT molecular complexity index is 445. The standard InChI is InChI=1S/C14H13ClO/c1-2-11-3-7-13(8-4-11)16-14-9-5-12(15)6-10-14/h3-10H,2H2,1H3. The molecule has 1 nitrogen and oxygen atoms in total. The minimum absolute atomic E-state index is 0.716. The summed E-state index contributed by atoms with van der Waals surface area (Å²) in [6.07, 6.45) is 1.04. The number of aryl methyl sites for hydroxylation is 1. The zero-order valence-electron chi connectivity index (χ0n) is 9.11. The summed E-state index contributed by atoms with van der Waals surface area (Å²) in [7, 11) is 0. The molecule has 0 unspecified atom stereocenters. The highest BCUT2D eigenvalue weighted by Crippen LogP contribution is 2.23. The summed E-state index contributed by atoms with van der Waals surface area (Å²) < 4.78 is 5.67. The first-order chi connectivity index (χ1) is 7.78. The summed E-state index contributed by atoms with van der Waals surface area (Å²) in [5, 5.41) is 0.716. The monoisotopic (exact) mass is 232 g/mol. The Balaban J connectivity index is 2.11. The molecule has 0 bridgehead atoms. The maximum atomic E-state index is 5.80. The van der Waals surface area contributed by atoms with Gasteiger partial charge in [0, 0.05) is 5.02 Å². The van der Waals surface area contributed by atoms with Gasteiger partial charge in [0.2, 0.25) is 0 Å². The number of rotatable bonds is 3. The SMILES string of the molecule is CCc1ccc(Oc2ccc(Cl)cc2)cc1. The van der Waals surface area contributed by atoms with E-state index in [-0.39, 0.29) is 0 Å². The number of ether oxygens (including phenoxy) is 1. The smallest absolute Gasteiger partial charge is 0.127 e. The van der Waals surface area contributed by atoms with Gasteiger partial charge in [-0.05, 0) is 48.4 Å². The normalized spacial score (nSPS) is 10.1. The second kappa shape index (κ2) is 5.04. The molecule has 0 saturated heterocycles. The lowest BCUT2D eigenvalue weighted by molar-refractivity contribution is 0.482. The van der Waals surface area contributed by atoms with E-state index in [0.717, 1.165) is 17.9 Å². The number of benzene rings is 2. The average molecular weight is 233 g/mol. The van der Waals surface area contributed by atoms with Crippen molar-refractivity contribution in [1.82, 2.24) is 0 Å². The molecule has 0 heterocycles. The molecule has 2 aromatic rings. The van der Waals surface area contributed by atoms with E-state index in [2.05, 4.69) is 19.1 Å². The molecule has 0 aromatic heterocycles. The van der Waals surface area contributed by atoms with Crippen molar-refractivity contribution in [1.29, 1.82) is 0 Å². The molecule has 0 N–H and O–H groups in total. The molecular formula is C14H13ClO. The van der Waals surface area contributed by atoms with E-state index in [4.69, 9.17) is 16.3 Å². The van der Waals surface area contributed by atoms with Gasteiger partial charge in [-0.25, -0.2) is 0 Å². The van der Waals surface area contributed by atoms with Crippen LogP contribution in [0.25, 0.3) is 0 Å². The average Bonchev–Trinajstić information content (AvgIpc) is 2.33. The van der Waals surface area contributed by atoms with Crippen LogP contribution >= 0.6 is 11.6 Å². The predicted octanol–water partition coefficient (Wildman–Crippen LogP) is 4.69. The Kier molecular flexibility index (Phi) is 3.47. The first-order valence-corrected chi connectivity index (χ1v) is 5.68. The summed E-state index contributed by atoms with van der Waals surface area (Å²) in [6, 6.07) is 15.5. The van der Waals surface area contributed by atoms with Gasteiger partial charge < -0.3 is 4.74 Å². The summed E-state index contributed by atoms with van der Waals surface area (Å²) >= 11 is 5.80. The fraction of sp³-hybridized carbons (Fsp3) is 0.143. The third-order valence-corrected chi connectivity index (χ3v) is 2.63. The van der Waals surface area contributed by atoms with E-state index in [1.807, 2.05) is 36.4 Å². The third-order valence-electron chi connectivity index (χ3n) is 2.38. The van der Waals surface area contributed by atoms with Gasteiger partial charge in [0.25, 0.3) is 0 Å². The lowest BCUT2D eigenvalue weighted by Crippen LogP contribution is -1.85. The van der Waals surface area contributed by atoms with Crippen LogP contribution in [0, 0.1) is 0 Å². The van der Waals surface area contributed by atoms with Gasteiger partial charge in [-0.15, -0.1) is 0 Å². The minimum atomic E-state index is 0.716. The Morgan fingerprint density at radius 3 is 1.88 bits per heavy atom. The largest absolute Gasteiger partial charge is 0.457 e. The maximum absolute atomic E-state index is 5.80. The minimum Gasteiger partial charge on any atom is -0.457 e. The van der Waals surface area contributed by atoms with Crippen molar-refractivity contribution in [3.05, 3.63) is 59.1 Å². The highest BCUT2D eigenvalue weighted by atomic mass is 35.5. The Hall–Kier alpha value is -1.47. The van der Waals surface area contributed by atoms with Gasteiger partial charge >= 0.3 is 0 Å². The van der Waals surface area contributed by atoms with Gasteiger partial charge in [-0.1, -0.05) is 30.7 Å². The second-order valence-electron chi connectivity index (χ2n) is 3.55. The summed E-state index contributed by atoms with van der Waals surface area (Å²) in [4.78, 5) is 0. The lowest BCUT2D eigenvalue weighted by Gasteiger charge is -2.06. The fourth-order valence-corrected chi connectivity index (χ4v) is 1.56. The van der Waals surface area contributed by atoms with Crippen LogP contribution in [0.2, 0.25) is 5.02 Å².